The van der Waals surface area contributed by atoms with Gasteiger partial charge in [0.2, 0.25) is 0 Å². The molecular formula is C12H17N3O2. The average Bonchev–Trinajstić information content (AvgIpc) is 2.38. The van der Waals surface area contributed by atoms with Gasteiger partial charge in [-0.25, -0.2) is 0 Å². The highest BCUT2D eigenvalue weighted by molar-refractivity contribution is 5.93. The molecule has 0 aromatic carbocycles. The van der Waals surface area contributed by atoms with E-state index in [-0.39, 0.29) is 17.9 Å². The zero-order chi connectivity index (χ0) is 12.1. The van der Waals surface area contributed by atoms with Crippen molar-refractivity contribution in [3.05, 3.63) is 24.0 Å². The molecule has 1 heterocycles. The van der Waals surface area contributed by atoms with E-state index in [0.29, 0.717) is 12.1 Å². The first-order valence-electron chi connectivity index (χ1n) is 6.00. The van der Waals surface area contributed by atoms with Crippen molar-refractivity contribution in [2.75, 3.05) is 6.54 Å². The van der Waals surface area contributed by atoms with Crippen molar-refractivity contribution in [2.24, 2.45) is 5.92 Å². The third-order valence-corrected chi connectivity index (χ3v) is 3.24. The van der Waals surface area contributed by atoms with E-state index in [1.165, 1.54) is 12.4 Å². The van der Waals surface area contributed by atoms with E-state index in [2.05, 4.69) is 15.5 Å². The van der Waals surface area contributed by atoms with Crippen molar-refractivity contribution in [3.63, 3.8) is 0 Å². The fraction of sp³-hybridized carbons (Fsp3) is 0.583. The minimum absolute atomic E-state index is 0.155. The highest BCUT2D eigenvalue weighted by Crippen LogP contribution is 2.23. The van der Waals surface area contributed by atoms with E-state index in [0.717, 1.165) is 25.7 Å². The van der Waals surface area contributed by atoms with Crippen molar-refractivity contribution in [3.8, 4) is 0 Å². The lowest BCUT2D eigenvalue weighted by Gasteiger charge is -2.27. The molecule has 92 valence electrons. The highest BCUT2D eigenvalue weighted by Gasteiger charge is 2.23. The van der Waals surface area contributed by atoms with Crippen LogP contribution in [0.5, 0.6) is 0 Å². The van der Waals surface area contributed by atoms with Gasteiger partial charge >= 0.3 is 0 Å². The van der Waals surface area contributed by atoms with Crippen LogP contribution in [0.2, 0.25) is 0 Å². The molecule has 0 bridgehead atoms. The summed E-state index contributed by atoms with van der Waals surface area (Å²) < 4.78 is 0. The Hall–Kier alpha value is -1.49. The Morgan fingerprint density at radius 1 is 1.41 bits per heavy atom. The largest absolute Gasteiger partial charge is 0.393 e. The lowest BCUT2D eigenvalue weighted by Crippen LogP contribution is -2.36. The SMILES string of the molecule is O=C(NCC1CCCCC1O)c1ccnnc1. The van der Waals surface area contributed by atoms with E-state index in [4.69, 9.17) is 0 Å². The number of nitrogens with one attached hydrogen (secondary N) is 1. The fourth-order valence-corrected chi connectivity index (χ4v) is 2.18. The van der Waals surface area contributed by atoms with Gasteiger partial charge in [-0.3, -0.25) is 4.79 Å². The van der Waals surface area contributed by atoms with Crippen molar-refractivity contribution < 1.29 is 9.90 Å². The second kappa shape index (κ2) is 5.72. The molecular weight excluding hydrogens is 218 g/mol. The molecule has 1 aromatic rings. The Kier molecular flexibility index (Phi) is 4.03. The number of aliphatic hydroxyl groups excluding tert-OH is 1. The number of rotatable bonds is 3. The first kappa shape index (κ1) is 12.0. The number of hydrogen-bond donors (Lipinski definition) is 2. The summed E-state index contributed by atoms with van der Waals surface area (Å²) in [6.07, 6.45) is 6.69. The number of hydrogen-bond acceptors (Lipinski definition) is 4. The van der Waals surface area contributed by atoms with Crippen LogP contribution in [0.3, 0.4) is 0 Å². The lowest BCUT2D eigenvalue weighted by molar-refractivity contribution is 0.0663. The minimum Gasteiger partial charge on any atom is -0.393 e. The van der Waals surface area contributed by atoms with Crippen LogP contribution in [0, 0.1) is 5.92 Å². The molecule has 1 fully saturated rings. The molecule has 0 spiro atoms. The summed E-state index contributed by atoms with van der Waals surface area (Å²) in [5.74, 6) is 0.0279. The number of nitrogens with zero attached hydrogens (tertiary/aromatic N) is 2. The zero-order valence-electron chi connectivity index (χ0n) is 9.67. The Morgan fingerprint density at radius 3 is 2.94 bits per heavy atom. The van der Waals surface area contributed by atoms with Crippen LogP contribution in [0.1, 0.15) is 36.0 Å². The Morgan fingerprint density at radius 2 is 2.24 bits per heavy atom. The molecule has 1 aromatic heterocycles. The van der Waals surface area contributed by atoms with E-state index in [1.807, 2.05) is 0 Å². The molecule has 1 amide bonds. The smallest absolute Gasteiger partial charge is 0.252 e. The molecule has 1 aliphatic rings. The number of aliphatic hydroxyl groups is 1. The predicted octanol–water partition coefficient (Wildman–Crippen LogP) is 0.757. The predicted molar refractivity (Wildman–Crippen MR) is 62.3 cm³/mol. The van der Waals surface area contributed by atoms with Crippen LogP contribution in [0.15, 0.2) is 18.5 Å². The first-order chi connectivity index (χ1) is 8.27. The molecule has 2 unspecified atom stereocenters. The van der Waals surface area contributed by atoms with Crippen LogP contribution >= 0.6 is 0 Å². The average molecular weight is 235 g/mol. The maximum Gasteiger partial charge on any atom is 0.252 e. The standard InChI is InChI=1S/C12H17N3O2/c16-11-4-2-1-3-9(11)7-13-12(17)10-5-6-14-15-8-10/h5-6,8-9,11,16H,1-4,7H2,(H,13,17). The van der Waals surface area contributed by atoms with Crippen LogP contribution in [-0.4, -0.2) is 33.9 Å². The van der Waals surface area contributed by atoms with Crippen molar-refractivity contribution in [1.29, 1.82) is 0 Å². The molecule has 0 radical (unpaired) electrons. The Labute approximate surface area is 100 Å². The Bertz CT molecular complexity index is 369. The highest BCUT2D eigenvalue weighted by atomic mass is 16.3. The molecule has 0 saturated heterocycles. The third-order valence-electron chi connectivity index (χ3n) is 3.24. The molecule has 2 N–H and O–H groups in total. The summed E-state index contributed by atoms with van der Waals surface area (Å²) in [5, 5.41) is 19.9. The van der Waals surface area contributed by atoms with Gasteiger partial charge in [0.1, 0.15) is 0 Å². The molecule has 2 rings (SSSR count). The van der Waals surface area contributed by atoms with E-state index >= 15 is 0 Å². The van der Waals surface area contributed by atoms with Gasteiger partial charge in [0.05, 0.1) is 24.1 Å². The van der Waals surface area contributed by atoms with Gasteiger partial charge in [0, 0.05) is 12.5 Å². The third kappa shape index (κ3) is 3.23. The molecule has 2 atom stereocenters. The topological polar surface area (TPSA) is 75.1 Å². The van der Waals surface area contributed by atoms with Crippen LogP contribution in [0.25, 0.3) is 0 Å². The van der Waals surface area contributed by atoms with Crippen LogP contribution in [0.4, 0.5) is 0 Å². The van der Waals surface area contributed by atoms with Gasteiger partial charge in [-0.15, -0.1) is 0 Å². The molecule has 1 aliphatic carbocycles. The maximum absolute atomic E-state index is 11.7. The van der Waals surface area contributed by atoms with Crippen molar-refractivity contribution in [1.82, 2.24) is 15.5 Å². The quantitative estimate of drug-likeness (QED) is 0.811. The summed E-state index contributed by atoms with van der Waals surface area (Å²) in [6.45, 7) is 0.530. The summed E-state index contributed by atoms with van der Waals surface area (Å²) in [7, 11) is 0. The van der Waals surface area contributed by atoms with Crippen LogP contribution < -0.4 is 5.32 Å². The lowest BCUT2D eigenvalue weighted by atomic mass is 9.86. The fourth-order valence-electron chi connectivity index (χ4n) is 2.18. The van der Waals surface area contributed by atoms with Gasteiger partial charge in [-0.1, -0.05) is 12.8 Å². The van der Waals surface area contributed by atoms with Gasteiger partial charge < -0.3 is 10.4 Å². The monoisotopic (exact) mass is 235 g/mol. The summed E-state index contributed by atoms with van der Waals surface area (Å²) in [6, 6.07) is 1.62. The van der Waals surface area contributed by atoms with Crippen molar-refractivity contribution >= 4 is 5.91 Å². The second-order valence-corrected chi connectivity index (χ2v) is 4.45. The van der Waals surface area contributed by atoms with Gasteiger partial charge in [-0.05, 0) is 18.9 Å². The second-order valence-electron chi connectivity index (χ2n) is 4.45. The Balaban J connectivity index is 1.84. The van der Waals surface area contributed by atoms with Crippen molar-refractivity contribution in [2.45, 2.75) is 31.8 Å². The normalized spacial score (nSPS) is 24.3. The molecule has 17 heavy (non-hydrogen) atoms. The van der Waals surface area contributed by atoms with E-state index < -0.39 is 0 Å². The van der Waals surface area contributed by atoms with Crippen LogP contribution in [-0.2, 0) is 0 Å². The number of aromatic nitrogens is 2. The summed E-state index contributed by atoms with van der Waals surface area (Å²) in [4.78, 5) is 11.7. The number of carbonyl (C=O) groups excluding carboxylic acids is 1. The number of amides is 1. The summed E-state index contributed by atoms with van der Waals surface area (Å²) >= 11 is 0. The van der Waals surface area contributed by atoms with E-state index in [9.17, 15) is 9.90 Å². The molecule has 5 nitrogen and oxygen atoms in total. The van der Waals surface area contributed by atoms with E-state index in [1.54, 1.807) is 6.07 Å². The molecule has 0 aliphatic heterocycles. The first-order valence-corrected chi connectivity index (χ1v) is 6.00. The van der Waals surface area contributed by atoms with Gasteiger partial charge in [0.25, 0.3) is 5.91 Å². The molecule has 5 heteroatoms. The number of carbonyl (C=O) groups is 1. The van der Waals surface area contributed by atoms with Gasteiger partial charge in [-0.2, -0.15) is 10.2 Å². The molecule has 1 saturated carbocycles. The summed E-state index contributed by atoms with van der Waals surface area (Å²) in [5.41, 5.74) is 0.505. The zero-order valence-corrected chi connectivity index (χ0v) is 9.67. The minimum atomic E-state index is -0.278. The maximum atomic E-state index is 11.7. The van der Waals surface area contributed by atoms with Gasteiger partial charge in [0.15, 0.2) is 0 Å².